The SMILES string of the molecule is N#Cc1ccc(-n2cccc2C2CC(=O)Nc3cc(O)ccc32)cc1. The molecule has 1 unspecified atom stereocenters. The molecule has 5 nitrogen and oxygen atoms in total. The quantitative estimate of drug-likeness (QED) is 0.755. The second-order valence-corrected chi connectivity index (χ2v) is 6.04. The number of nitrogens with zero attached hydrogens (tertiary/aromatic N) is 2. The lowest BCUT2D eigenvalue weighted by atomic mass is 9.87. The van der Waals surface area contributed by atoms with Crippen LogP contribution in [0.4, 0.5) is 5.69 Å². The van der Waals surface area contributed by atoms with E-state index in [1.165, 1.54) is 0 Å². The Morgan fingerprint density at radius 2 is 1.96 bits per heavy atom. The number of carbonyl (C=O) groups is 1. The average Bonchev–Trinajstić information content (AvgIpc) is 3.10. The molecule has 2 N–H and O–H groups in total. The lowest BCUT2D eigenvalue weighted by Gasteiger charge is -2.27. The fourth-order valence-corrected chi connectivity index (χ4v) is 3.33. The highest BCUT2D eigenvalue weighted by Crippen LogP contribution is 2.39. The fraction of sp³-hybridized carbons (Fsp3) is 0.100. The number of phenolic OH excluding ortho intramolecular Hbond substituents is 1. The van der Waals surface area contributed by atoms with Gasteiger partial charge in [-0.2, -0.15) is 5.26 Å². The first-order valence-corrected chi connectivity index (χ1v) is 7.96. The Labute approximate surface area is 144 Å². The van der Waals surface area contributed by atoms with Gasteiger partial charge in [0.1, 0.15) is 5.75 Å². The minimum atomic E-state index is -0.102. The summed E-state index contributed by atoms with van der Waals surface area (Å²) in [7, 11) is 0. The predicted molar refractivity (Wildman–Crippen MR) is 93.7 cm³/mol. The summed E-state index contributed by atoms with van der Waals surface area (Å²) >= 11 is 0. The number of nitrogens with one attached hydrogen (secondary N) is 1. The number of hydrogen-bond donors (Lipinski definition) is 2. The summed E-state index contributed by atoms with van der Waals surface area (Å²) in [6.07, 6.45) is 2.29. The first-order chi connectivity index (χ1) is 12.2. The number of anilines is 1. The van der Waals surface area contributed by atoms with Crippen molar-refractivity contribution in [2.45, 2.75) is 12.3 Å². The van der Waals surface area contributed by atoms with Crippen molar-refractivity contribution in [3.63, 3.8) is 0 Å². The van der Waals surface area contributed by atoms with Crippen molar-refractivity contribution >= 4 is 11.6 Å². The Hall–Kier alpha value is -3.52. The molecule has 0 bridgehead atoms. The number of hydrogen-bond acceptors (Lipinski definition) is 3. The van der Waals surface area contributed by atoms with Crippen LogP contribution < -0.4 is 5.32 Å². The van der Waals surface area contributed by atoms with Gasteiger partial charge in [0, 0.05) is 41.7 Å². The van der Waals surface area contributed by atoms with Crippen molar-refractivity contribution in [2.24, 2.45) is 0 Å². The van der Waals surface area contributed by atoms with Crippen LogP contribution in [0.2, 0.25) is 0 Å². The summed E-state index contributed by atoms with van der Waals surface area (Å²) in [6.45, 7) is 0. The zero-order chi connectivity index (χ0) is 17.4. The van der Waals surface area contributed by atoms with Crippen molar-refractivity contribution < 1.29 is 9.90 Å². The number of rotatable bonds is 2. The molecule has 122 valence electrons. The topological polar surface area (TPSA) is 78.0 Å². The van der Waals surface area contributed by atoms with Crippen LogP contribution in [0, 0.1) is 11.3 Å². The third kappa shape index (κ3) is 2.64. The summed E-state index contributed by atoms with van der Waals surface area (Å²) in [5.41, 5.74) is 4.16. The van der Waals surface area contributed by atoms with Crippen LogP contribution >= 0.6 is 0 Å². The molecule has 1 amide bonds. The van der Waals surface area contributed by atoms with Gasteiger partial charge in [-0.3, -0.25) is 4.79 Å². The molecule has 1 aliphatic heterocycles. The normalized spacial score (nSPS) is 16.0. The Morgan fingerprint density at radius 3 is 2.72 bits per heavy atom. The van der Waals surface area contributed by atoms with Gasteiger partial charge in [0.2, 0.25) is 5.91 Å². The molecular formula is C20H15N3O2. The zero-order valence-electron chi connectivity index (χ0n) is 13.3. The summed E-state index contributed by atoms with van der Waals surface area (Å²) < 4.78 is 2.03. The molecule has 4 rings (SSSR count). The molecule has 0 spiro atoms. The van der Waals surface area contributed by atoms with E-state index in [0.29, 0.717) is 17.7 Å². The van der Waals surface area contributed by atoms with Gasteiger partial charge in [-0.1, -0.05) is 6.07 Å². The molecule has 0 saturated heterocycles. The molecular weight excluding hydrogens is 314 g/mol. The third-order valence-corrected chi connectivity index (χ3v) is 4.49. The molecule has 0 aliphatic carbocycles. The van der Waals surface area contributed by atoms with Gasteiger partial charge in [0.05, 0.1) is 11.6 Å². The molecule has 1 aliphatic rings. The van der Waals surface area contributed by atoms with Crippen molar-refractivity contribution in [1.82, 2.24) is 4.57 Å². The maximum absolute atomic E-state index is 12.1. The maximum atomic E-state index is 12.1. The van der Waals surface area contributed by atoms with E-state index in [-0.39, 0.29) is 17.6 Å². The molecule has 5 heteroatoms. The lowest BCUT2D eigenvalue weighted by molar-refractivity contribution is -0.116. The number of nitriles is 1. The molecule has 2 heterocycles. The maximum Gasteiger partial charge on any atom is 0.225 e. The van der Waals surface area contributed by atoms with E-state index in [2.05, 4.69) is 11.4 Å². The molecule has 1 aromatic heterocycles. The molecule has 0 fully saturated rings. The molecule has 0 saturated carbocycles. The van der Waals surface area contributed by atoms with E-state index in [1.807, 2.05) is 41.1 Å². The highest BCUT2D eigenvalue weighted by molar-refractivity contribution is 5.95. The van der Waals surface area contributed by atoms with Gasteiger partial charge in [-0.05, 0) is 48.0 Å². The van der Waals surface area contributed by atoms with Crippen LogP contribution in [0.1, 0.15) is 29.2 Å². The number of aromatic nitrogens is 1. The first kappa shape index (κ1) is 15.0. The fourth-order valence-electron chi connectivity index (χ4n) is 3.33. The van der Waals surface area contributed by atoms with Crippen molar-refractivity contribution in [3.05, 3.63) is 77.6 Å². The smallest absolute Gasteiger partial charge is 0.225 e. The van der Waals surface area contributed by atoms with E-state index in [0.717, 1.165) is 16.9 Å². The Bertz CT molecular complexity index is 997. The van der Waals surface area contributed by atoms with E-state index < -0.39 is 0 Å². The van der Waals surface area contributed by atoms with E-state index >= 15 is 0 Å². The van der Waals surface area contributed by atoms with Gasteiger partial charge < -0.3 is 15.0 Å². The Balaban J connectivity index is 1.80. The standard InChI is InChI=1S/C20H15N3O2/c21-12-13-3-5-14(6-4-13)23-9-1-2-19(23)17-11-20(25)22-18-10-15(24)7-8-16(17)18/h1-10,17,24H,11H2,(H,22,25). The van der Waals surface area contributed by atoms with Gasteiger partial charge in [0.25, 0.3) is 0 Å². The highest BCUT2D eigenvalue weighted by Gasteiger charge is 2.28. The minimum Gasteiger partial charge on any atom is -0.508 e. The van der Waals surface area contributed by atoms with Gasteiger partial charge in [-0.25, -0.2) is 0 Å². The van der Waals surface area contributed by atoms with Gasteiger partial charge in [0.15, 0.2) is 0 Å². The summed E-state index contributed by atoms with van der Waals surface area (Å²) in [5, 5.41) is 21.5. The molecule has 1 atom stereocenters. The number of phenols is 1. The molecule has 25 heavy (non-hydrogen) atoms. The first-order valence-electron chi connectivity index (χ1n) is 7.96. The van der Waals surface area contributed by atoms with Crippen LogP contribution in [0.5, 0.6) is 5.75 Å². The Morgan fingerprint density at radius 1 is 1.16 bits per heavy atom. The number of carbonyl (C=O) groups excluding carboxylic acids is 1. The molecule has 0 radical (unpaired) electrons. The zero-order valence-corrected chi connectivity index (χ0v) is 13.3. The largest absolute Gasteiger partial charge is 0.508 e. The van der Waals surface area contributed by atoms with E-state index in [1.54, 1.807) is 24.3 Å². The highest BCUT2D eigenvalue weighted by atomic mass is 16.3. The van der Waals surface area contributed by atoms with Crippen LogP contribution in [-0.4, -0.2) is 15.6 Å². The second-order valence-electron chi connectivity index (χ2n) is 6.04. The van der Waals surface area contributed by atoms with Gasteiger partial charge in [-0.15, -0.1) is 0 Å². The van der Waals surface area contributed by atoms with Crippen LogP contribution in [0.25, 0.3) is 5.69 Å². The summed E-state index contributed by atoms with van der Waals surface area (Å²) in [5.74, 6) is -0.0483. The lowest BCUT2D eigenvalue weighted by Crippen LogP contribution is -2.24. The van der Waals surface area contributed by atoms with E-state index in [4.69, 9.17) is 5.26 Å². The van der Waals surface area contributed by atoms with Crippen LogP contribution in [-0.2, 0) is 4.79 Å². The number of amides is 1. The van der Waals surface area contributed by atoms with Crippen molar-refractivity contribution in [1.29, 1.82) is 5.26 Å². The minimum absolute atomic E-state index is 0.0734. The molecule has 2 aromatic carbocycles. The number of aromatic hydroxyl groups is 1. The average molecular weight is 329 g/mol. The summed E-state index contributed by atoms with van der Waals surface area (Å²) in [6, 6.07) is 18.5. The van der Waals surface area contributed by atoms with E-state index in [9.17, 15) is 9.90 Å². The third-order valence-electron chi connectivity index (χ3n) is 4.49. The number of benzene rings is 2. The Kier molecular flexibility index (Phi) is 3.51. The number of fused-ring (bicyclic) bond motifs is 1. The van der Waals surface area contributed by atoms with Crippen LogP contribution in [0.15, 0.2) is 60.8 Å². The molecule has 3 aromatic rings. The van der Waals surface area contributed by atoms with Crippen molar-refractivity contribution in [3.8, 4) is 17.5 Å². The predicted octanol–water partition coefficient (Wildman–Crippen LogP) is 3.53. The summed E-state index contributed by atoms with van der Waals surface area (Å²) in [4.78, 5) is 12.1. The van der Waals surface area contributed by atoms with Crippen molar-refractivity contribution in [2.75, 3.05) is 5.32 Å². The van der Waals surface area contributed by atoms with Crippen LogP contribution in [0.3, 0.4) is 0 Å². The second kappa shape index (κ2) is 5.84. The monoisotopic (exact) mass is 329 g/mol. The van der Waals surface area contributed by atoms with Gasteiger partial charge >= 0.3 is 0 Å².